The number of aromatic nitrogens is 5. The van der Waals surface area contributed by atoms with Gasteiger partial charge in [0.05, 0.1) is 45.2 Å². The standard InChI is InChI=1S/C45H29N5/c1-4-13-30(14-5-1)43-42(29-47-45(48-43)31-15-6-2-7-16-31)50-38-20-11-10-19-35(38)36-24-22-33(28-41(36)50)32-23-25-39-37(27-32)44-40(21-12-26-46-44)49(39)34-17-8-3-9-18-34/h1-29H. The van der Waals surface area contributed by atoms with Crippen LogP contribution in [0.2, 0.25) is 0 Å². The molecule has 0 saturated carbocycles. The summed E-state index contributed by atoms with van der Waals surface area (Å²) in [6.45, 7) is 0. The Labute approximate surface area is 288 Å². The Kier molecular flexibility index (Phi) is 6.42. The molecule has 6 aromatic carbocycles. The van der Waals surface area contributed by atoms with Crippen LogP contribution in [0.25, 0.3) is 88.9 Å². The molecule has 0 aliphatic carbocycles. The van der Waals surface area contributed by atoms with Crippen LogP contribution in [-0.4, -0.2) is 24.1 Å². The SMILES string of the molecule is c1ccc(-c2ncc(-n3c4ccccc4c4ccc(-c5ccc6c(c5)c5ncccc5n6-c5ccccc5)cc43)c(-c3ccccc3)n2)cc1. The maximum Gasteiger partial charge on any atom is 0.159 e. The van der Waals surface area contributed by atoms with Crippen LogP contribution < -0.4 is 0 Å². The summed E-state index contributed by atoms with van der Waals surface area (Å²) in [5, 5.41) is 3.49. The molecule has 10 aromatic rings. The maximum atomic E-state index is 5.21. The van der Waals surface area contributed by atoms with Crippen LogP contribution >= 0.6 is 0 Å². The van der Waals surface area contributed by atoms with Crippen molar-refractivity contribution in [3.05, 3.63) is 176 Å². The van der Waals surface area contributed by atoms with Crippen LogP contribution in [0.15, 0.2) is 176 Å². The lowest BCUT2D eigenvalue weighted by molar-refractivity contribution is 1.09. The lowest BCUT2D eigenvalue weighted by Gasteiger charge is -2.15. The van der Waals surface area contributed by atoms with E-state index in [1.807, 2.05) is 42.7 Å². The quantitative estimate of drug-likeness (QED) is 0.188. The molecule has 4 aromatic heterocycles. The molecule has 0 spiro atoms. The van der Waals surface area contributed by atoms with Crippen molar-refractivity contribution >= 4 is 43.7 Å². The molecule has 50 heavy (non-hydrogen) atoms. The summed E-state index contributed by atoms with van der Waals surface area (Å²) in [4.78, 5) is 15.0. The predicted molar refractivity (Wildman–Crippen MR) is 205 cm³/mol. The minimum atomic E-state index is 0.700. The number of nitrogens with zero attached hydrogens (tertiary/aromatic N) is 5. The molecule has 4 heterocycles. The summed E-state index contributed by atoms with van der Waals surface area (Å²) >= 11 is 0. The third kappa shape index (κ3) is 4.45. The fourth-order valence-corrected chi connectivity index (χ4v) is 7.35. The van der Waals surface area contributed by atoms with Crippen molar-refractivity contribution in [3.8, 4) is 45.1 Å². The van der Waals surface area contributed by atoms with Gasteiger partial charge in [-0.3, -0.25) is 4.98 Å². The highest BCUT2D eigenvalue weighted by molar-refractivity contribution is 6.12. The molecule has 0 unspecified atom stereocenters. The van der Waals surface area contributed by atoms with Crippen LogP contribution in [0.3, 0.4) is 0 Å². The molecule has 0 bridgehead atoms. The molecule has 0 aliphatic heterocycles. The first-order valence-corrected chi connectivity index (χ1v) is 16.8. The number of pyridine rings is 1. The molecule has 0 aliphatic rings. The molecule has 234 valence electrons. The third-order valence-electron chi connectivity index (χ3n) is 9.63. The summed E-state index contributed by atoms with van der Waals surface area (Å²) in [5.41, 5.74) is 12.6. The zero-order valence-corrected chi connectivity index (χ0v) is 27.0. The Bertz CT molecular complexity index is 2850. The van der Waals surface area contributed by atoms with Gasteiger partial charge in [0.1, 0.15) is 0 Å². The van der Waals surface area contributed by atoms with Gasteiger partial charge in [-0.1, -0.05) is 115 Å². The average Bonchev–Trinajstić information content (AvgIpc) is 3.71. The summed E-state index contributed by atoms with van der Waals surface area (Å²) in [5.74, 6) is 0.700. The number of hydrogen-bond acceptors (Lipinski definition) is 3. The number of benzene rings is 6. The minimum Gasteiger partial charge on any atom is -0.308 e. The Morgan fingerprint density at radius 3 is 1.86 bits per heavy atom. The van der Waals surface area contributed by atoms with E-state index >= 15 is 0 Å². The van der Waals surface area contributed by atoms with E-state index in [2.05, 4.69) is 143 Å². The average molecular weight is 640 g/mol. The topological polar surface area (TPSA) is 48.5 Å². The van der Waals surface area contributed by atoms with Crippen molar-refractivity contribution in [2.45, 2.75) is 0 Å². The molecule has 5 nitrogen and oxygen atoms in total. The van der Waals surface area contributed by atoms with Crippen LogP contribution in [0, 0.1) is 0 Å². The maximum absolute atomic E-state index is 5.21. The first kappa shape index (κ1) is 28.2. The number of hydrogen-bond donors (Lipinski definition) is 0. The molecule has 5 heteroatoms. The monoisotopic (exact) mass is 639 g/mol. The fourth-order valence-electron chi connectivity index (χ4n) is 7.35. The molecule has 10 rings (SSSR count). The molecule has 0 atom stereocenters. The van der Waals surface area contributed by atoms with E-state index in [1.165, 1.54) is 10.8 Å². The van der Waals surface area contributed by atoms with Crippen LogP contribution in [-0.2, 0) is 0 Å². The second-order valence-corrected chi connectivity index (χ2v) is 12.5. The van der Waals surface area contributed by atoms with Crippen LogP contribution in [0.4, 0.5) is 0 Å². The molecule has 0 fully saturated rings. The normalized spacial score (nSPS) is 11.6. The molecular formula is C45H29N5. The molecule has 0 N–H and O–H groups in total. The van der Waals surface area contributed by atoms with Crippen molar-refractivity contribution in [2.24, 2.45) is 0 Å². The van der Waals surface area contributed by atoms with Crippen molar-refractivity contribution in [2.75, 3.05) is 0 Å². The smallest absolute Gasteiger partial charge is 0.159 e. The summed E-state index contributed by atoms with van der Waals surface area (Å²) in [6, 6.07) is 57.4. The van der Waals surface area contributed by atoms with Gasteiger partial charge in [-0.2, -0.15) is 0 Å². The van der Waals surface area contributed by atoms with E-state index < -0.39 is 0 Å². The van der Waals surface area contributed by atoms with E-state index in [1.54, 1.807) is 0 Å². The summed E-state index contributed by atoms with van der Waals surface area (Å²) in [7, 11) is 0. The van der Waals surface area contributed by atoms with Gasteiger partial charge < -0.3 is 9.13 Å². The Morgan fingerprint density at radius 1 is 0.400 bits per heavy atom. The van der Waals surface area contributed by atoms with Gasteiger partial charge in [0.15, 0.2) is 5.82 Å². The number of rotatable bonds is 5. The Morgan fingerprint density at radius 2 is 1.04 bits per heavy atom. The largest absolute Gasteiger partial charge is 0.308 e. The van der Waals surface area contributed by atoms with Gasteiger partial charge >= 0.3 is 0 Å². The number of fused-ring (bicyclic) bond motifs is 6. The van der Waals surface area contributed by atoms with Crippen molar-refractivity contribution in [3.63, 3.8) is 0 Å². The van der Waals surface area contributed by atoms with Gasteiger partial charge in [-0.15, -0.1) is 0 Å². The van der Waals surface area contributed by atoms with E-state index in [4.69, 9.17) is 15.0 Å². The number of para-hydroxylation sites is 2. The van der Waals surface area contributed by atoms with Gasteiger partial charge in [-0.05, 0) is 59.7 Å². The van der Waals surface area contributed by atoms with Gasteiger partial charge in [0.2, 0.25) is 0 Å². The molecule has 0 amide bonds. The van der Waals surface area contributed by atoms with Crippen molar-refractivity contribution in [1.29, 1.82) is 0 Å². The fraction of sp³-hybridized carbons (Fsp3) is 0. The Balaban J connectivity index is 1.21. The van der Waals surface area contributed by atoms with Gasteiger partial charge in [0, 0.05) is 39.2 Å². The first-order chi connectivity index (χ1) is 24.8. The van der Waals surface area contributed by atoms with E-state index in [9.17, 15) is 0 Å². The van der Waals surface area contributed by atoms with Gasteiger partial charge in [-0.25, -0.2) is 9.97 Å². The van der Waals surface area contributed by atoms with E-state index in [0.717, 1.165) is 72.3 Å². The highest BCUT2D eigenvalue weighted by atomic mass is 15.0. The second-order valence-electron chi connectivity index (χ2n) is 12.5. The Hall–Kier alpha value is -6.85. The summed E-state index contributed by atoms with van der Waals surface area (Å²) in [6.07, 6.45) is 3.86. The van der Waals surface area contributed by atoms with Gasteiger partial charge in [0.25, 0.3) is 0 Å². The molecule has 0 radical (unpaired) electrons. The second kappa shape index (κ2) is 11.4. The lowest BCUT2D eigenvalue weighted by Crippen LogP contribution is -2.02. The van der Waals surface area contributed by atoms with Crippen LogP contribution in [0.5, 0.6) is 0 Å². The van der Waals surface area contributed by atoms with Crippen molar-refractivity contribution < 1.29 is 0 Å². The zero-order chi connectivity index (χ0) is 33.0. The van der Waals surface area contributed by atoms with E-state index in [-0.39, 0.29) is 0 Å². The minimum absolute atomic E-state index is 0.700. The summed E-state index contributed by atoms with van der Waals surface area (Å²) < 4.78 is 4.62. The third-order valence-corrected chi connectivity index (χ3v) is 9.63. The highest BCUT2D eigenvalue weighted by Gasteiger charge is 2.20. The zero-order valence-electron chi connectivity index (χ0n) is 27.0. The lowest BCUT2D eigenvalue weighted by atomic mass is 10.0. The highest BCUT2D eigenvalue weighted by Crippen LogP contribution is 2.39. The molecule has 0 saturated heterocycles. The van der Waals surface area contributed by atoms with Crippen LogP contribution in [0.1, 0.15) is 0 Å². The predicted octanol–water partition coefficient (Wildman–Crippen LogP) is 11.1. The molecular weight excluding hydrogens is 611 g/mol. The van der Waals surface area contributed by atoms with Crippen molar-refractivity contribution in [1.82, 2.24) is 24.1 Å². The van der Waals surface area contributed by atoms with E-state index in [0.29, 0.717) is 5.82 Å². The first-order valence-electron chi connectivity index (χ1n) is 16.8.